The largest absolute Gasteiger partial charge is 0.0588 e. The first-order valence-electron chi connectivity index (χ1n) is 13.4. The number of fused-ring (bicyclic) bond motifs is 3. The summed E-state index contributed by atoms with van der Waals surface area (Å²) >= 11 is 0. The molecule has 0 saturated carbocycles. The highest BCUT2D eigenvalue weighted by atomic mass is 14.2. The SMILES string of the molecule is Cc1cc(CCCc2ccc3c(c2)CC3)c2cc(C)cc(CCCc3ccc4c(c3)CC4)c2c1. The van der Waals surface area contributed by atoms with Crippen LogP contribution in [0.1, 0.15) is 68.5 Å². The van der Waals surface area contributed by atoms with Gasteiger partial charge in [0.25, 0.3) is 0 Å². The number of aryl methyl sites for hydroxylation is 10. The quantitative estimate of drug-likeness (QED) is 0.258. The topological polar surface area (TPSA) is 0 Å². The van der Waals surface area contributed by atoms with Crippen LogP contribution in [0.3, 0.4) is 0 Å². The highest BCUT2D eigenvalue weighted by Gasteiger charge is 2.14. The average Bonchev–Trinajstić information content (AvgIpc) is 2.78. The van der Waals surface area contributed by atoms with Crippen LogP contribution in [0.25, 0.3) is 10.8 Å². The summed E-state index contributed by atoms with van der Waals surface area (Å²) in [6.45, 7) is 4.54. The third-order valence-electron chi connectivity index (χ3n) is 8.22. The summed E-state index contributed by atoms with van der Waals surface area (Å²) < 4.78 is 0. The maximum Gasteiger partial charge on any atom is -0.0146 e. The van der Waals surface area contributed by atoms with Crippen molar-refractivity contribution in [3.8, 4) is 0 Å². The molecule has 0 saturated heterocycles. The molecule has 0 heterocycles. The van der Waals surface area contributed by atoms with Gasteiger partial charge in [0.1, 0.15) is 0 Å². The molecule has 0 spiro atoms. The van der Waals surface area contributed by atoms with Crippen molar-refractivity contribution in [3.63, 3.8) is 0 Å². The summed E-state index contributed by atoms with van der Waals surface area (Å²) in [5.41, 5.74) is 15.2. The van der Waals surface area contributed by atoms with Gasteiger partial charge in [0.15, 0.2) is 0 Å². The normalized spacial score (nSPS) is 13.8. The van der Waals surface area contributed by atoms with Crippen LogP contribution in [-0.4, -0.2) is 0 Å². The van der Waals surface area contributed by atoms with Crippen LogP contribution >= 0.6 is 0 Å². The van der Waals surface area contributed by atoms with E-state index in [1.54, 1.807) is 22.3 Å². The zero-order valence-electron chi connectivity index (χ0n) is 20.8. The average molecular weight is 445 g/mol. The molecule has 0 fully saturated rings. The fourth-order valence-corrected chi connectivity index (χ4v) is 6.12. The third kappa shape index (κ3) is 4.31. The van der Waals surface area contributed by atoms with Crippen molar-refractivity contribution in [2.75, 3.05) is 0 Å². The van der Waals surface area contributed by atoms with E-state index in [1.807, 2.05) is 0 Å². The molecule has 172 valence electrons. The summed E-state index contributed by atoms with van der Waals surface area (Å²) in [6.07, 6.45) is 12.2. The number of rotatable bonds is 8. The first-order chi connectivity index (χ1) is 16.6. The standard InChI is InChI=1S/C34H36/c1-23-17-31(7-3-5-25-9-11-27-13-15-29(27)21-25)34-20-24(2)18-32(33(34)19-23)8-4-6-26-10-12-28-14-16-30(28)22-26/h9-12,17-22H,3-8,13-16H2,1-2H3. The highest BCUT2D eigenvalue weighted by molar-refractivity contribution is 5.90. The van der Waals surface area contributed by atoms with Gasteiger partial charge in [-0.2, -0.15) is 0 Å². The van der Waals surface area contributed by atoms with Gasteiger partial charge >= 0.3 is 0 Å². The maximum atomic E-state index is 2.45. The van der Waals surface area contributed by atoms with E-state index in [1.165, 1.54) is 95.5 Å². The molecule has 0 aromatic heterocycles. The molecule has 0 unspecified atom stereocenters. The van der Waals surface area contributed by atoms with Gasteiger partial charge in [-0.25, -0.2) is 0 Å². The van der Waals surface area contributed by atoms with Crippen LogP contribution in [0.4, 0.5) is 0 Å². The fourth-order valence-electron chi connectivity index (χ4n) is 6.12. The van der Waals surface area contributed by atoms with Crippen molar-refractivity contribution >= 4 is 10.8 Å². The first-order valence-corrected chi connectivity index (χ1v) is 13.4. The molecule has 0 N–H and O–H groups in total. The molecule has 4 aromatic rings. The predicted octanol–water partition coefficient (Wildman–Crippen LogP) is 8.00. The summed E-state index contributed by atoms with van der Waals surface area (Å²) in [6, 6.07) is 24.0. The summed E-state index contributed by atoms with van der Waals surface area (Å²) in [7, 11) is 0. The molecular weight excluding hydrogens is 408 g/mol. The van der Waals surface area contributed by atoms with E-state index in [0.717, 1.165) is 12.8 Å². The number of benzene rings is 4. The van der Waals surface area contributed by atoms with Crippen LogP contribution in [-0.2, 0) is 51.4 Å². The van der Waals surface area contributed by atoms with E-state index < -0.39 is 0 Å². The molecule has 6 rings (SSSR count). The minimum atomic E-state index is 1.16. The van der Waals surface area contributed by atoms with E-state index in [9.17, 15) is 0 Å². The molecule has 0 radical (unpaired) electrons. The molecule has 4 aromatic carbocycles. The lowest BCUT2D eigenvalue weighted by Crippen LogP contribution is -2.08. The van der Waals surface area contributed by atoms with Crippen molar-refractivity contribution in [2.45, 2.75) is 78.1 Å². The maximum absolute atomic E-state index is 2.45. The molecule has 34 heavy (non-hydrogen) atoms. The fraction of sp³-hybridized carbons (Fsp3) is 0.353. The van der Waals surface area contributed by atoms with Gasteiger partial charge in [-0.05, 0) is 133 Å². The first kappa shape index (κ1) is 21.7. The smallest absolute Gasteiger partial charge is 0.0146 e. The minimum Gasteiger partial charge on any atom is -0.0588 e. The molecule has 0 heteroatoms. The second-order valence-corrected chi connectivity index (χ2v) is 10.9. The van der Waals surface area contributed by atoms with Gasteiger partial charge < -0.3 is 0 Å². The Morgan fingerprint density at radius 3 is 1.29 bits per heavy atom. The Morgan fingerprint density at radius 1 is 0.471 bits per heavy atom. The molecule has 0 aliphatic heterocycles. The Kier molecular flexibility index (Phi) is 5.77. The van der Waals surface area contributed by atoms with Gasteiger partial charge in [0, 0.05) is 0 Å². The van der Waals surface area contributed by atoms with Gasteiger partial charge in [0.05, 0.1) is 0 Å². The number of hydrogen-bond acceptors (Lipinski definition) is 0. The third-order valence-corrected chi connectivity index (χ3v) is 8.22. The van der Waals surface area contributed by atoms with Gasteiger partial charge in [-0.3, -0.25) is 0 Å². The molecule has 2 aliphatic carbocycles. The predicted molar refractivity (Wildman–Crippen MR) is 145 cm³/mol. The Hall–Kier alpha value is -2.86. The van der Waals surface area contributed by atoms with Crippen molar-refractivity contribution in [1.82, 2.24) is 0 Å². The Bertz CT molecular complexity index is 1260. The van der Waals surface area contributed by atoms with Crippen molar-refractivity contribution in [1.29, 1.82) is 0 Å². The second kappa shape index (κ2) is 9.06. The van der Waals surface area contributed by atoms with E-state index >= 15 is 0 Å². The van der Waals surface area contributed by atoms with Crippen molar-refractivity contribution in [3.05, 3.63) is 116 Å². The molecule has 0 atom stereocenters. The van der Waals surface area contributed by atoms with E-state index in [0.29, 0.717) is 0 Å². The lowest BCUT2D eigenvalue weighted by atomic mass is 9.86. The van der Waals surface area contributed by atoms with Gasteiger partial charge in [-0.15, -0.1) is 0 Å². The van der Waals surface area contributed by atoms with Crippen LogP contribution in [0, 0.1) is 13.8 Å². The summed E-state index contributed by atoms with van der Waals surface area (Å²) in [4.78, 5) is 0. The lowest BCUT2D eigenvalue weighted by Gasteiger charge is -2.19. The van der Waals surface area contributed by atoms with Crippen LogP contribution in [0.15, 0.2) is 60.7 Å². The second-order valence-electron chi connectivity index (χ2n) is 10.9. The Morgan fingerprint density at radius 2 is 0.912 bits per heavy atom. The van der Waals surface area contributed by atoms with E-state index in [2.05, 4.69) is 74.5 Å². The van der Waals surface area contributed by atoms with Gasteiger partial charge in [0.2, 0.25) is 0 Å². The summed E-state index contributed by atoms with van der Waals surface area (Å²) in [5, 5.41) is 2.97. The monoisotopic (exact) mass is 444 g/mol. The van der Waals surface area contributed by atoms with Crippen LogP contribution < -0.4 is 0 Å². The Labute approximate surface area is 205 Å². The summed E-state index contributed by atoms with van der Waals surface area (Å²) in [5.74, 6) is 0. The highest BCUT2D eigenvalue weighted by Crippen LogP contribution is 2.30. The zero-order chi connectivity index (χ0) is 23.1. The minimum absolute atomic E-state index is 1.16. The number of hydrogen-bond donors (Lipinski definition) is 0. The molecular formula is C34H36. The lowest BCUT2D eigenvalue weighted by molar-refractivity contribution is 0.798. The molecule has 2 aliphatic rings. The molecule has 0 amide bonds. The zero-order valence-corrected chi connectivity index (χ0v) is 20.8. The van der Waals surface area contributed by atoms with E-state index in [4.69, 9.17) is 0 Å². The van der Waals surface area contributed by atoms with Crippen LogP contribution in [0.2, 0.25) is 0 Å². The Balaban J connectivity index is 1.18. The van der Waals surface area contributed by atoms with Gasteiger partial charge in [-0.1, -0.05) is 71.8 Å². The molecule has 0 bridgehead atoms. The van der Waals surface area contributed by atoms with Crippen LogP contribution in [0.5, 0.6) is 0 Å². The van der Waals surface area contributed by atoms with Crippen molar-refractivity contribution in [2.24, 2.45) is 0 Å². The van der Waals surface area contributed by atoms with Crippen molar-refractivity contribution < 1.29 is 0 Å². The van der Waals surface area contributed by atoms with E-state index in [-0.39, 0.29) is 0 Å². The molecule has 0 nitrogen and oxygen atoms in total.